The van der Waals surface area contributed by atoms with E-state index in [0.29, 0.717) is 47.7 Å². The second kappa shape index (κ2) is 8.31. The fourth-order valence-electron chi connectivity index (χ4n) is 6.59. The number of benzene rings is 2. The number of carbonyl (C=O) groups is 3. The van der Waals surface area contributed by atoms with Gasteiger partial charge in [0.2, 0.25) is 0 Å². The lowest BCUT2D eigenvalue weighted by atomic mass is 9.55. The molecule has 4 nitrogen and oxygen atoms in total. The van der Waals surface area contributed by atoms with E-state index in [1.807, 2.05) is 24.3 Å². The molecule has 0 bridgehead atoms. The number of Topliss-reactive ketones (excluding diaryl/α,β-unsaturated/α-hetero) is 1. The monoisotopic (exact) mass is 430 g/mol. The zero-order valence-corrected chi connectivity index (χ0v) is 18.6. The molecule has 0 amide bonds. The minimum absolute atomic E-state index is 0.100. The highest BCUT2D eigenvalue weighted by molar-refractivity contribution is 5.91. The predicted octanol–water partition coefficient (Wildman–Crippen LogP) is 5.46. The van der Waals surface area contributed by atoms with Gasteiger partial charge in [0.25, 0.3) is 0 Å². The molecule has 0 aromatic heterocycles. The van der Waals surface area contributed by atoms with E-state index in [4.69, 9.17) is 4.74 Å². The van der Waals surface area contributed by atoms with Crippen LogP contribution in [-0.2, 0) is 22.4 Å². The van der Waals surface area contributed by atoms with Crippen molar-refractivity contribution < 1.29 is 19.1 Å². The van der Waals surface area contributed by atoms with E-state index in [1.165, 1.54) is 11.1 Å². The fourth-order valence-corrected chi connectivity index (χ4v) is 6.59. The van der Waals surface area contributed by atoms with E-state index < -0.39 is 0 Å². The maximum atomic E-state index is 12.6. The molecule has 3 aliphatic rings. The van der Waals surface area contributed by atoms with Crippen LogP contribution in [0.15, 0.2) is 42.5 Å². The van der Waals surface area contributed by atoms with Crippen molar-refractivity contribution in [3.05, 3.63) is 64.7 Å². The number of ketones is 1. The number of aryl methyl sites for hydroxylation is 2. The molecule has 2 fully saturated rings. The van der Waals surface area contributed by atoms with Gasteiger partial charge in [0.1, 0.15) is 17.8 Å². The maximum absolute atomic E-state index is 12.6. The summed E-state index contributed by atoms with van der Waals surface area (Å²) in [4.78, 5) is 35.7. The lowest BCUT2D eigenvalue weighted by Gasteiger charge is -2.48. The van der Waals surface area contributed by atoms with Crippen molar-refractivity contribution in [2.75, 3.05) is 0 Å². The SMILES string of the molecule is C[C@]12CC[C@@H]3c4ccc(OC(=O)c5ccc(CCC=O)cc5)cc4CC[C@H]3[C@@H]1CCC2=O. The molecule has 0 radical (unpaired) electrons. The number of carbonyl (C=O) groups excluding carboxylic acids is 3. The first-order valence-electron chi connectivity index (χ1n) is 11.9. The first-order chi connectivity index (χ1) is 15.5. The van der Waals surface area contributed by atoms with E-state index >= 15 is 0 Å². The van der Waals surface area contributed by atoms with Crippen LogP contribution in [0.1, 0.15) is 78.4 Å². The molecule has 2 aromatic rings. The van der Waals surface area contributed by atoms with Crippen LogP contribution < -0.4 is 4.74 Å². The van der Waals surface area contributed by atoms with Crippen LogP contribution in [0.2, 0.25) is 0 Å². The van der Waals surface area contributed by atoms with Crippen molar-refractivity contribution in [1.82, 2.24) is 0 Å². The summed E-state index contributed by atoms with van der Waals surface area (Å²) in [7, 11) is 0. The fraction of sp³-hybridized carbons (Fsp3) is 0.464. The normalized spacial score (nSPS) is 28.4. The zero-order chi connectivity index (χ0) is 22.3. The molecule has 0 heterocycles. The summed E-state index contributed by atoms with van der Waals surface area (Å²) in [6.07, 6.45) is 8.04. The number of esters is 1. The van der Waals surface area contributed by atoms with Crippen molar-refractivity contribution in [3.63, 3.8) is 0 Å². The molecule has 2 saturated carbocycles. The third-order valence-corrected chi connectivity index (χ3v) is 8.36. The average Bonchev–Trinajstić information content (AvgIpc) is 3.12. The first kappa shape index (κ1) is 21.1. The largest absolute Gasteiger partial charge is 0.423 e. The lowest BCUT2D eigenvalue weighted by molar-refractivity contribution is -0.129. The van der Waals surface area contributed by atoms with Gasteiger partial charge in [0.15, 0.2) is 0 Å². The van der Waals surface area contributed by atoms with Crippen LogP contribution in [-0.4, -0.2) is 18.0 Å². The van der Waals surface area contributed by atoms with Crippen molar-refractivity contribution in [2.24, 2.45) is 17.3 Å². The molecule has 166 valence electrons. The molecule has 0 N–H and O–H groups in total. The standard InChI is InChI=1S/C28H30O4/c1-28-15-14-23-22-11-9-21(17-20(22)8-10-24(23)25(28)12-13-26(28)30)32-27(31)19-6-4-18(5-7-19)3-2-16-29/h4-7,9,11,16-17,23-25H,2-3,8,10,12-15H2,1H3/t23-,24-,25+,28+/m1/s1. The molecule has 0 aliphatic heterocycles. The highest BCUT2D eigenvalue weighted by Gasteiger charge is 2.54. The Balaban J connectivity index is 1.30. The predicted molar refractivity (Wildman–Crippen MR) is 122 cm³/mol. The van der Waals surface area contributed by atoms with Crippen molar-refractivity contribution in [3.8, 4) is 5.75 Å². The van der Waals surface area contributed by atoms with Crippen LogP contribution in [0.3, 0.4) is 0 Å². The van der Waals surface area contributed by atoms with E-state index in [-0.39, 0.29) is 11.4 Å². The number of hydrogen-bond donors (Lipinski definition) is 0. The average molecular weight is 431 g/mol. The van der Waals surface area contributed by atoms with E-state index in [2.05, 4.69) is 13.0 Å². The molecular weight excluding hydrogens is 400 g/mol. The Hall–Kier alpha value is -2.75. The number of aldehydes is 1. The van der Waals surface area contributed by atoms with Crippen LogP contribution in [0.5, 0.6) is 5.75 Å². The Morgan fingerprint density at radius 1 is 1.09 bits per heavy atom. The summed E-state index contributed by atoms with van der Waals surface area (Å²) in [6.45, 7) is 2.20. The van der Waals surface area contributed by atoms with Crippen LogP contribution in [0.25, 0.3) is 0 Å². The molecule has 2 aromatic carbocycles. The Morgan fingerprint density at radius 2 is 1.91 bits per heavy atom. The number of fused-ring (bicyclic) bond motifs is 5. The molecule has 5 rings (SSSR count). The van der Waals surface area contributed by atoms with Gasteiger partial charge in [-0.1, -0.05) is 25.1 Å². The molecule has 0 spiro atoms. The van der Waals surface area contributed by atoms with E-state index in [9.17, 15) is 14.4 Å². The minimum Gasteiger partial charge on any atom is -0.423 e. The quantitative estimate of drug-likeness (QED) is 0.359. The number of hydrogen-bond acceptors (Lipinski definition) is 4. The second-order valence-electron chi connectivity index (χ2n) is 9.99. The Labute approximate surface area is 189 Å². The second-order valence-corrected chi connectivity index (χ2v) is 9.99. The molecule has 3 aliphatic carbocycles. The molecule has 4 heteroatoms. The zero-order valence-electron chi connectivity index (χ0n) is 18.6. The highest BCUT2D eigenvalue weighted by atomic mass is 16.5. The number of rotatable bonds is 5. The van der Waals surface area contributed by atoms with Crippen LogP contribution in [0, 0.1) is 17.3 Å². The molecule has 32 heavy (non-hydrogen) atoms. The van der Waals surface area contributed by atoms with Crippen LogP contribution in [0.4, 0.5) is 0 Å². The summed E-state index contributed by atoms with van der Waals surface area (Å²) in [5.74, 6) is 2.34. The highest BCUT2D eigenvalue weighted by Crippen LogP contribution is 2.59. The van der Waals surface area contributed by atoms with Gasteiger partial charge in [-0.05, 0) is 97.2 Å². The lowest BCUT2D eigenvalue weighted by Crippen LogP contribution is -2.42. The van der Waals surface area contributed by atoms with Gasteiger partial charge in [-0.15, -0.1) is 0 Å². The Morgan fingerprint density at radius 3 is 2.69 bits per heavy atom. The van der Waals surface area contributed by atoms with E-state index in [0.717, 1.165) is 50.4 Å². The summed E-state index contributed by atoms with van der Waals surface area (Å²) in [6, 6.07) is 13.4. The summed E-state index contributed by atoms with van der Waals surface area (Å²) in [5, 5.41) is 0. The van der Waals surface area contributed by atoms with Gasteiger partial charge >= 0.3 is 5.97 Å². The molecule has 4 atom stereocenters. The summed E-state index contributed by atoms with van der Waals surface area (Å²) in [5.41, 5.74) is 4.12. The third kappa shape index (κ3) is 3.60. The third-order valence-electron chi connectivity index (χ3n) is 8.36. The van der Waals surface area contributed by atoms with Crippen molar-refractivity contribution >= 4 is 18.0 Å². The van der Waals surface area contributed by atoms with Crippen LogP contribution >= 0.6 is 0 Å². The topological polar surface area (TPSA) is 60.4 Å². The summed E-state index contributed by atoms with van der Waals surface area (Å²) >= 11 is 0. The van der Waals surface area contributed by atoms with Gasteiger partial charge in [0, 0.05) is 18.3 Å². The van der Waals surface area contributed by atoms with Crippen molar-refractivity contribution in [1.29, 1.82) is 0 Å². The maximum Gasteiger partial charge on any atom is 0.343 e. The van der Waals surface area contributed by atoms with Gasteiger partial charge in [-0.3, -0.25) is 4.79 Å². The number of ether oxygens (including phenoxy) is 1. The van der Waals surface area contributed by atoms with Gasteiger partial charge in [-0.25, -0.2) is 4.79 Å². The van der Waals surface area contributed by atoms with E-state index in [1.54, 1.807) is 12.1 Å². The van der Waals surface area contributed by atoms with Crippen molar-refractivity contribution in [2.45, 2.75) is 64.2 Å². The van der Waals surface area contributed by atoms with Gasteiger partial charge in [0.05, 0.1) is 5.56 Å². The Kier molecular flexibility index (Phi) is 5.48. The Bertz CT molecular complexity index is 1050. The smallest absolute Gasteiger partial charge is 0.343 e. The first-order valence-corrected chi connectivity index (χ1v) is 11.9. The molecule has 0 unspecified atom stereocenters. The molecule has 0 saturated heterocycles. The van der Waals surface area contributed by atoms with Gasteiger partial charge < -0.3 is 9.53 Å². The summed E-state index contributed by atoms with van der Waals surface area (Å²) < 4.78 is 5.68. The molecular formula is C28H30O4. The van der Waals surface area contributed by atoms with Gasteiger partial charge in [-0.2, -0.15) is 0 Å². The minimum atomic E-state index is -0.363.